The van der Waals surface area contributed by atoms with Crippen LogP contribution in [0.25, 0.3) is 0 Å². The van der Waals surface area contributed by atoms with Crippen LogP contribution in [0.4, 0.5) is 0 Å². The predicted molar refractivity (Wildman–Crippen MR) is 62.6 cm³/mol. The number of ether oxygens (including phenoxy) is 3. The molecule has 0 bridgehead atoms. The van der Waals surface area contributed by atoms with Gasteiger partial charge in [-0.3, -0.25) is 9.59 Å². The van der Waals surface area contributed by atoms with Crippen LogP contribution < -0.4 is 0 Å². The molecule has 5 heteroatoms. The Morgan fingerprint density at radius 2 is 1.53 bits per heavy atom. The van der Waals surface area contributed by atoms with E-state index in [1.165, 1.54) is 0 Å². The topological polar surface area (TPSA) is 61.8 Å². The van der Waals surface area contributed by atoms with Gasteiger partial charge < -0.3 is 14.2 Å². The molecule has 0 aromatic heterocycles. The molecule has 0 aromatic rings. The average molecular weight is 246 g/mol. The third kappa shape index (κ3) is 11.2. The van der Waals surface area contributed by atoms with Crippen LogP contribution in [-0.4, -0.2) is 38.4 Å². The lowest BCUT2D eigenvalue weighted by Crippen LogP contribution is -2.14. The van der Waals surface area contributed by atoms with E-state index in [-0.39, 0.29) is 13.0 Å². The van der Waals surface area contributed by atoms with Crippen LogP contribution in [0.15, 0.2) is 0 Å². The highest BCUT2D eigenvalue weighted by molar-refractivity contribution is 5.91. The van der Waals surface area contributed by atoms with E-state index >= 15 is 0 Å². The van der Waals surface area contributed by atoms with Gasteiger partial charge in [0.25, 0.3) is 0 Å². The quantitative estimate of drug-likeness (QED) is 0.333. The highest BCUT2D eigenvalue weighted by Crippen LogP contribution is 1.96. The molecule has 0 aliphatic heterocycles. The molecule has 0 atom stereocenters. The molecule has 0 aromatic carbocycles. The molecule has 0 saturated carbocycles. The van der Waals surface area contributed by atoms with Gasteiger partial charge in [0, 0.05) is 13.2 Å². The SMILES string of the molecule is CCCOCCCCOC(=O)CC(=O)OCC. The lowest BCUT2D eigenvalue weighted by atomic mass is 10.3. The van der Waals surface area contributed by atoms with Crippen molar-refractivity contribution in [3.63, 3.8) is 0 Å². The maximum Gasteiger partial charge on any atom is 0.317 e. The first kappa shape index (κ1) is 15.9. The molecule has 0 saturated heterocycles. The summed E-state index contributed by atoms with van der Waals surface area (Å²) in [6.45, 7) is 5.80. The van der Waals surface area contributed by atoms with Crippen LogP contribution in [0.1, 0.15) is 39.5 Å². The molecule has 0 spiro atoms. The lowest BCUT2D eigenvalue weighted by molar-refractivity contribution is -0.154. The Labute approximate surface area is 102 Å². The van der Waals surface area contributed by atoms with Crippen molar-refractivity contribution in [2.45, 2.75) is 39.5 Å². The number of esters is 2. The number of unbranched alkanes of at least 4 members (excludes halogenated alkanes) is 1. The summed E-state index contributed by atoms with van der Waals surface area (Å²) < 4.78 is 14.8. The zero-order chi connectivity index (χ0) is 12.9. The van der Waals surface area contributed by atoms with Crippen molar-refractivity contribution < 1.29 is 23.8 Å². The zero-order valence-corrected chi connectivity index (χ0v) is 10.7. The Kier molecular flexibility index (Phi) is 10.7. The van der Waals surface area contributed by atoms with Gasteiger partial charge in [0.05, 0.1) is 13.2 Å². The molecule has 0 heterocycles. The van der Waals surface area contributed by atoms with Gasteiger partial charge in [0.2, 0.25) is 0 Å². The van der Waals surface area contributed by atoms with Crippen molar-refractivity contribution in [1.82, 2.24) is 0 Å². The second kappa shape index (κ2) is 11.4. The summed E-state index contributed by atoms with van der Waals surface area (Å²) in [6, 6.07) is 0. The van der Waals surface area contributed by atoms with Crippen molar-refractivity contribution in [1.29, 1.82) is 0 Å². The predicted octanol–water partition coefficient (Wildman–Crippen LogP) is 1.69. The van der Waals surface area contributed by atoms with E-state index in [1.54, 1.807) is 6.92 Å². The van der Waals surface area contributed by atoms with E-state index < -0.39 is 11.9 Å². The Balaban J connectivity index is 3.30. The first-order valence-electron chi connectivity index (χ1n) is 6.09. The fraction of sp³-hybridized carbons (Fsp3) is 0.833. The second-order valence-corrected chi connectivity index (χ2v) is 3.52. The number of carbonyl (C=O) groups is 2. The Morgan fingerprint density at radius 1 is 0.882 bits per heavy atom. The third-order valence-electron chi connectivity index (χ3n) is 1.89. The minimum Gasteiger partial charge on any atom is -0.466 e. The zero-order valence-electron chi connectivity index (χ0n) is 10.7. The fourth-order valence-electron chi connectivity index (χ4n) is 1.12. The van der Waals surface area contributed by atoms with Crippen LogP contribution >= 0.6 is 0 Å². The molecule has 0 radical (unpaired) electrons. The van der Waals surface area contributed by atoms with Gasteiger partial charge in [-0.25, -0.2) is 0 Å². The molecule has 0 N–H and O–H groups in total. The van der Waals surface area contributed by atoms with Gasteiger partial charge in [-0.1, -0.05) is 6.92 Å². The van der Waals surface area contributed by atoms with E-state index in [0.29, 0.717) is 13.2 Å². The Morgan fingerprint density at radius 3 is 2.18 bits per heavy atom. The molecule has 0 aliphatic rings. The molecule has 100 valence electrons. The van der Waals surface area contributed by atoms with Gasteiger partial charge >= 0.3 is 11.9 Å². The molecular formula is C12H22O5. The molecule has 0 unspecified atom stereocenters. The normalized spacial score (nSPS) is 10.0. The molecule has 0 rings (SSSR count). The Bertz CT molecular complexity index is 215. The molecule has 0 aliphatic carbocycles. The summed E-state index contributed by atoms with van der Waals surface area (Å²) in [7, 11) is 0. The van der Waals surface area contributed by atoms with Gasteiger partial charge in [0.1, 0.15) is 6.42 Å². The molecule has 0 amide bonds. The van der Waals surface area contributed by atoms with Crippen molar-refractivity contribution >= 4 is 11.9 Å². The fourth-order valence-corrected chi connectivity index (χ4v) is 1.12. The van der Waals surface area contributed by atoms with Crippen LogP contribution in [0.2, 0.25) is 0 Å². The van der Waals surface area contributed by atoms with Gasteiger partial charge in [-0.15, -0.1) is 0 Å². The second-order valence-electron chi connectivity index (χ2n) is 3.52. The van der Waals surface area contributed by atoms with Crippen LogP contribution in [-0.2, 0) is 23.8 Å². The number of hydrogen-bond donors (Lipinski definition) is 0. The maximum atomic E-state index is 11.1. The summed E-state index contributed by atoms with van der Waals surface area (Å²) in [5.41, 5.74) is 0. The number of rotatable bonds is 10. The molecular weight excluding hydrogens is 224 g/mol. The van der Waals surface area contributed by atoms with Crippen molar-refractivity contribution in [3.8, 4) is 0 Å². The Hall–Kier alpha value is -1.10. The van der Waals surface area contributed by atoms with Crippen molar-refractivity contribution in [3.05, 3.63) is 0 Å². The summed E-state index contributed by atoms with van der Waals surface area (Å²) in [5.74, 6) is -1.07. The summed E-state index contributed by atoms with van der Waals surface area (Å²) in [5, 5.41) is 0. The summed E-state index contributed by atoms with van der Waals surface area (Å²) in [6.07, 6.45) is 2.31. The van der Waals surface area contributed by atoms with E-state index in [1.807, 2.05) is 0 Å². The molecule has 17 heavy (non-hydrogen) atoms. The summed E-state index contributed by atoms with van der Waals surface area (Å²) >= 11 is 0. The highest BCUT2D eigenvalue weighted by Gasteiger charge is 2.10. The standard InChI is InChI=1S/C12H22O5/c1-3-7-15-8-5-6-9-17-12(14)10-11(13)16-4-2/h3-10H2,1-2H3. The molecule has 5 nitrogen and oxygen atoms in total. The smallest absolute Gasteiger partial charge is 0.317 e. The minimum absolute atomic E-state index is 0.279. The minimum atomic E-state index is -0.538. The van der Waals surface area contributed by atoms with Crippen LogP contribution in [0.3, 0.4) is 0 Å². The van der Waals surface area contributed by atoms with Gasteiger partial charge in [-0.05, 0) is 26.2 Å². The van der Waals surface area contributed by atoms with Crippen molar-refractivity contribution in [2.75, 3.05) is 26.4 Å². The largest absolute Gasteiger partial charge is 0.466 e. The summed E-state index contributed by atoms with van der Waals surface area (Å²) in [4.78, 5) is 22.0. The highest BCUT2D eigenvalue weighted by atomic mass is 16.6. The third-order valence-corrected chi connectivity index (χ3v) is 1.89. The van der Waals surface area contributed by atoms with E-state index in [0.717, 1.165) is 25.9 Å². The van der Waals surface area contributed by atoms with E-state index in [4.69, 9.17) is 9.47 Å². The lowest BCUT2D eigenvalue weighted by Gasteiger charge is -2.05. The monoisotopic (exact) mass is 246 g/mol. The first-order chi connectivity index (χ1) is 8.20. The average Bonchev–Trinajstić information content (AvgIpc) is 2.28. The van der Waals surface area contributed by atoms with Gasteiger partial charge in [-0.2, -0.15) is 0 Å². The van der Waals surface area contributed by atoms with Crippen LogP contribution in [0, 0.1) is 0 Å². The maximum absolute atomic E-state index is 11.1. The van der Waals surface area contributed by atoms with Crippen LogP contribution in [0.5, 0.6) is 0 Å². The molecule has 0 fully saturated rings. The number of carbonyl (C=O) groups excluding carboxylic acids is 2. The van der Waals surface area contributed by atoms with Gasteiger partial charge in [0.15, 0.2) is 0 Å². The number of hydrogen-bond acceptors (Lipinski definition) is 5. The van der Waals surface area contributed by atoms with E-state index in [9.17, 15) is 9.59 Å². The first-order valence-corrected chi connectivity index (χ1v) is 6.09. The van der Waals surface area contributed by atoms with Crippen molar-refractivity contribution in [2.24, 2.45) is 0 Å². The van der Waals surface area contributed by atoms with E-state index in [2.05, 4.69) is 11.7 Å².